The van der Waals surface area contributed by atoms with Crippen molar-refractivity contribution < 1.29 is 14.4 Å². The summed E-state index contributed by atoms with van der Waals surface area (Å²) >= 11 is 0. The van der Waals surface area contributed by atoms with Gasteiger partial charge in [-0.2, -0.15) is 0 Å². The number of fused-ring (bicyclic) bond motifs is 2. The van der Waals surface area contributed by atoms with Crippen LogP contribution in [-0.2, 0) is 18.4 Å². The van der Waals surface area contributed by atoms with Crippen LogP contribution in [0.5, 0.6) is 0 Å². The molecule has 6 rings (SSSR count). The molecule has 2 amide bonds. The first-order chi connectivity index (χ1) is 18.8. The van der Waals surface area contributed by atoms with E-state index in [0.29, 0.717) is 17.2 Å². The SMILES string of the molecule is CN(C)C(=O)c1ccc(C2CCN(Cc3cc4c(-c5ccc6c(c5)C(=O)C(=O)N6)ccnc4n3C)CC2)cc1. The number of carbonyl (C=O) groups excluding carboxylic acids is 3. The van der Waals surface area contributed by atoms with E-state index in [1.54, 1.807) is 37.3 Å². The zero-order valence-corrected chi connectivity index (χ0v) is 22.4. The lowest BCUT2D eigenvalue weighted by atomic mass is 9.89. The molecule has 4 aromatic rings. The van der Waals surface area contributed by atoms with E-state index in [1.165, 1.54) is 11.3 Å². The third-order valence-corrected chi connectivity index (χ3v) is 8.07. The normalized spacial score (nSPS) is 16.0. The van der Waals surface area contributed by atoms with E-state index in [2.05, 4.69) is 38.0 Å². The number of rotatable bonds is 5. The van der Waals surface area contributed by atoms with Crippen molar-refractivity contribution in [1.29, 1.82) is 0 Å². The summed E-state index contributed by atoms with van der Waals surface area (Å²) in [6, 6.07) is 17.8. The summed E-state index contributed by atoms with van der Waals surface area (Å²) in [7, 11) is 5.59. The Morgan fingerprint density at radius 3 is 2.46 bits per heavy atom. The number of nitrogens with zero attached hydrogens (tertiary/aromatic N) is 4. The van der Waals surface area contributed by atoms with Gasteiger partial charge < -0.3 is 14.8 Å². The van der Waals surface area contributed by atoms with Crippen LogP contribution in [-0.4, -0.2) is 64.1 Å². The number of hydrogen-bond acceptors (Lipinski definition) is 5. The molecule has 2 aliphatic rings. The molecule has 0 unspecified atom stereocenters. The van der Waals surface area contributed by atoms with Crippen LogP contribution in [0.3, 0.4) is 0 Å². The first-order valence-corrected chi connectivity index (χ1v) is 13.3. The maximum Gasteiger partial charge on any atom is 0.296 e. The molecule has 0 radical (unpaired) electrons. The summed E-state index contributed by atoms with van der Waals surface area (Å²) in [5.41, 5.74) is 6.97. The molecule has 2 aliphatic heterocycles. The molecule has 0 atom stereocenters. The van der Waals surface area contributed by atoms with Gasteiger partial charge >= 0.3 is 0 Å². The number of carbonyl (C=O) groups is 3. The number of nitrogens with one attached hydrogen (secondary N) is 1. The fourth-order valence-electron chi connectivity index (χ4n) is 5.79. The van der Waals surface area contributed by atoms with Gasteiger partial charge in [0.1, 0.15) is 5.65 Å². The van der Waals surface area contributed by atoms with Gasteiger partial charge in [-0.1, -0.05) is 18.2 Å². The minimum Gasteiger partial charge on any atom is -0.345 e. The number of anilines is 1. The van der Waals surface area contributed by atoms with Gasteiger partial charge in [-0.15, -0.1) is 0 Å². The van der Waals surface area contributed by atoms with Gasteiger partial charge in [0.25, 0.3) is 17.6 Å². The standard InChI is InChI=1S/C31H31N5O3/c1-34(2)31(39)21-6-4-19(5-7-21)20-11-14-36(15-12-20)18-23-17-25-24(10-13-32-29(25)35(23)3)22-8-9-27-26(16-22)28(37)30(38)33-27/h4-10,13,16-17,20H,11-12,14-15,18H2,1-3H3,(H,33,37,38). The largest absolute Gasteiger partial charge is 0.345 e. The van der Waals surface area contributed by atoms with Gasteiger partial charge in [-0.05, 0) is 84.9 Å². The monoisotopic (exact) mass is 521 g/mol. The number of aromatic nitrogens is 2. The highest BCUT2D eigenvalue weighted by molar-refractivity contribution is 6.51. The number of pyridine rings is 1. The molecule has 4 heterocycles. The summed E-state index contributed by atoms with van der Waals surface area (Å²) in [5, 5.41) is 3.65. The van der Waals surface area contributed by atoms with E-state index in [4.69, 9.17) is 0 Å². The molecular weight excluding hydrogens is 490 g/mol. The van der Waals surface area contributed by atoms with E-state index < -0.39 is 11.7 Å². The van der Waals surface area contributed by atoms with Gasteiger partial charge in [-0.25, -0.2) is 4.98 Å². The van der Waals surface area contributed by atoms with Crippen LogP contribution in [0.2, 0.25) is 0 Å². The second kappa shape index (κ2) is 9.78. The molecule has 1 N–H and O–H groups in total. The lowest BCUT2D eigenvalue weighted by Crippen LogP contribution is -2.33. The molecule has 8 heteroatoms. The van der Waals surface area contributed by atoms with Gasteiger partial charge in [0.2, 0.25) is 0 Å². The predicted octanol–water partition coefficient (Wildman–Crippen LogP) is 4.46. The second-order valence-electron chi connectivity index (χ2n) is 10.7. The van der Waals surface area contributed by atoms with Crippen LogP contribution in [0.15, 0.2) is 60.8 Å². The molecule has 39 heavy (non-hydrogen) atoms. The summed E-state index contributed by atoms with van der Waals surface area (Å²) in [6.07, 6.45) is 3.94. The zero-order valence-electron chi connectivity index (χ0n) is 22.4. The Hall–Kier alpha value is -4.30. The van der Waals surface area contributed by atoms with Gasteiger partial charge in [0, 0.05) is 50.5 Å². The third-order valence-electron chi connectivity index (χ3n) is 8.07. The van der Waals surface area contributed by atoms with Crippen LogP contribution in [0, 0.1) is 0 Å². The molecule has 8 nitrogen and oxygen atoms in total. The minimum absolute atomic E-state index is 0.0285. The van der Waals surface area contributed by atoms with Crippen molar-refractivity contribution in [3.63, 3.8) is 0 Å². The summed E-state index contributed by atoms with van der Waals surface area (Å²) in [6.45, 7) is 2.83. The van der Waals surface area contributed by atoms with E-state index in [1.807, 2.05) is 31.3 Å². The Morgan fingerprint density at radius 1 is 1.00 bits per heavy atom. The lowest BCUT2D eigenvalue weighted by molar-refractivity contribution is -0.112. The maximum atomic E-state index is 12.3. The predicted molar refractivity (Wildman–Crippen MR) is 151 cm³/mol. The highest BCUT2D eigenvalue weighted by Crippen LogP contribution is 2.34. The maximum absolute atomic E-state index is 12.3. The van der Waals surface area contributed by atoms with Gasteiger partial charge in [0.05, 0.1) is 11.3 Å². The van der Waals surface area contributed by atoms with Crippen LogP contribution in [0.4, 0.5) is 5.69 Å². The number of benzene rings is 2. The second-order valence-corrected chi connectivity index (χ2v) is 10.7. The fraction of sp³-hybridized carbons (Fsp3) is 0.290. The molecule has 0 bridgehead atoms. The molecule has 0 aliphatic carbocycles. The number of likely N-dealkylation sites (tertiary alicyclic amines) is 1. The average Bonchev–Trinajstić information content (AvgIpc) is 3.43. The lowest BCUT2D eigenvalue weighted by Gasteiger charge is -2.32. The van der Waals surface area contributed by atoms with Crippen molar-refractivity contribution in [1.82, 2.24) is 19.4 Å². The zero-order chi connectivity index (χ0) is 27.3. The number of hydrogen-bond donors (Lipinski definition) is 1. The fourth-order valence-corrected chi connectivity index (χ4v) is 5.79. The summed E-state index contributed by atoms with van der Waals surface area (Å²) in [5.74, 6) is -0.549. The van der Waals surface area contributed by atoms with Crippen molar-refractivity contribution in [2.45, 2.75) is 25.3 Å². The average molecular weight is 522 g/mol. The van der Waals surface area contributed by atoms with Crippen LogP contribution in [0.25, 0.3) is 22.2 Å². The third kappa shape index (κ3) is 4.51. The molecule has 198 valence electrons. The number of aryl methyl sites for hydroxylation is 1. The van der Waals surface area contributed by atoms with Gasteiger partial charge in [0.15, 0.2) is 0 Å². The molecular formula is C31H31N5O3. The van der Waals surface area contributed by atoms with Crippen LogP contribution in [0.1, 0.15) is 50.7 Å². The molecule has 2 aromatic heterocycles. The van der Waals surface area contributed by atoms with E-state index in [0.717, 1.165) is 60.2 Å². The van der Waals surface area contributed by atoms with E-state index in [-0.39, 0.29) is 5.91 Å². The Labute approximate surface area is 227 Å². The van der Waals surface area contributed by atoms with Crippen molar-refractivity contribution in [2.75, 3.05) is 32.5 Å². The van der Waals surface area contributed by atoms with Crippen LogP contribution < -0.4 is 5.32 Å². The Balaban J connectivity index is 1.18. The number of piperidine rings is 1. The smallest absolute Gasteiger partial charge is 0.296 e. The van der Waals surface area contributed by atoms with E-state index in [9.17, 15) is 14.4 Å². The van der Waals surface area contributed by atoms with Crippen molar-refractivity contribution in [3.8, 4) is 11.1 Å². The van der Waals surface area contributed by atoms with Crippen molar-refractivity contribution in [2.24, 2.45) is 7.05 Å². The highest BCUT2D eigenvalue weighted by Gasteiger charge is 2.28. The number of ketones is 1. The Kier molecular flexibility index (Phi) is 6.27. The Bertz CT molecular complexity index is 1610. The molecule has 0 spiro atoms. The van der Waals surface area contributed by atoms with Crippen LogP contribution >= 0.6 is 0 Å². The number of Topliss-reactive ketones (excluding diaryl/α,β-unsaturated/α-hetero) is 1. The highest BCUT2D eigenvalue weighted by atomic mass is 16.2. The van der Waals surface area contributed by atoms with Gasteiger partial charge in [-0.3, -0.25) is 19.3 Å². The summed E-state index contributed by atoms with van der Waals surface area (Å²) < 4.78 is 2.15. The first-order valence-electron chi connectivity index (χ1n) is 13.3. The van der Waals surface area contributed by atoms with Crippen molar-refractivity contribution in [3.05, 3.63) is 83.2 Å². The molecule has 1 saturated heterocycles. The molecule has 0 saturated carbocycles. The summed E-state index contributed by atoms with van der Waals surface area (Å²) in [4.78, 5) is 45.0. The minimum atomic E-state index is -0.579. The molecule has 2 aromatic carbocycles. The Morgan fingerprint density at radius 2 is 1.74 bits per heavy atom. The van der Waals surface area contributed by atoms with E-state index >= 15 is 0 Å². The molecule has 1 fully saturated rings. The quantitative estimate of drug-likeness (QED) is 0.392. The topological polar surface area (TPSA) is 87.5 Å². The first kappa shape index (κ1) is 25.0. The number of amides is 2. The van der Waals surface area contributed by atoms with Crippen molar-refractivity contribution >= 4 is 34.3 Å².